The Kier molecular flexibility index (Phi) is 5.74. The fourth-order valence-electron chi connectivity index (χ4n) is 3.42. The van der Waals surface area contributed by atoms with E-state index >= 15 is 0 Å². The molecule has 4 aromatic rings. The Morgan fingerprint density at radius 2 is 2.03 bits per heavy atom. The van der Waals surface area contributed by atoms with Gasteiger partial charge in [0.15, 0.2) is 0 Å². The smallest absolute Gasteiger partial charge is 0.347 e. The SMILES string of the molecule is Cl.O=c1oc2nc(N3CCCNCC3)ccc2cc1-c1nc2c(Cl)cccc2s1. The van der Waals surface area contributed by atoms with E-state index < -0.39 is 5.63 Å². The molecule has 0 bridgehead atoms. The molecule has 1 N–H and O–H groups in total. The number of nitrogens with one attached hydrogen (secondary N) is 1. The van der Waals surface area contributed by atoms with Crippen LogP contribution >= 0.6 is 35.3 Å². The van der Waals surface area contributed by atoms with Crippen LogP contribution in [-0.2, 0) is 0 Å². The van der Waals surface area contributed by atoms with Gasteiger partial charge in [-0.05, 0) is 43.3 Å². The summed E-state index contributed by atoms with van der Waals surface area (Å²) in [5.74, 6) is 0.832. The van der Waals surface area contributed by atoms with Crippen LogP contribution in [0.15, 0.2) is 45.6 Å². The monoisotopic (exact) mass is 448 g/mol. The largest absolute Gasteiger partial charge is 0.403 e. The number of thiazole rings is 1. The van der Waals surface area contributed by atoms with Crippen LogP contribution in [0.5, 0.6) is 0 Å². The molecular formula is C20H18Cl2N4O2S. The van der Waals surface area contributed by atoms with E-state index in [1.54, 1.807) is 12.1 Å². The van der Waals surface area contributed by atoms with Gasteiger partial charge in [0, 0.05) is 25.0 Å². The summed E-state index contributed by atoms with van der Waals surface area (Å²) in [6.07, 6.45) is 1.06. The van der Waals surface area contributed by atoms with E-state index in [2.05, 4.69) is 20.2 Å². The summed E-state index contributed by atoms with van der Waals surface area (Å²) in [6, 6.07) is 11.3. The van der Waals surface area contributed by atoms with E-state index in [1.165, 1.54) is 11.3 Å². The van der Waals surface area contributed by atoms with Gasteiger partial charge >= 0.3 is 5.63 Å². The standard InChI is InChI=1S/C20H17ClN4O2S.ClH/c21-14-3-1-4-15-17(14)24-19(28-15)13-11-12-5-6-16(23-18(12)27-20(13)26)25-9-2-7-22-8-10-25;/h1,3-6,11,22H,2,7-10H2;1H. The van der Waals surface area contributed by atoms with Crippen molar-refractivity contribution >= 4 is 62.5 Å². The van der Waals surface area contributed by atoms with Crippen LogP contribution in [0.1, 0.15) is 6.42 Å². The average Bonchev–Trinajstić information content (AvgIpc) is 2.95. The Morgan fingerprint density at radius 1 is 1.14 bits per heavy atom. The minimum atomic E-state index is -0.440. The Hall–Kier alpha value is -2.19. The van der Waals surface area contributed by atoms with Gasteiger partial charge < -0.3 is 14.6 Å². The highest BCUT2D eigenvalue weighted by Gasteiger charge is 2.16. The van der Waals surface area contributed by atoms with Gasteiger partial charge in [-0.2, -0.15) is 4.98 Å². The van der Waals surface area contributed by atoms with Crippen LogP contribution in [0.2, 0.25) is 5.02 Å². The molecule has 0 spiro atoms. The summed E-state index contributed by atoms with van der Waals surface area (Å²) in [6.45, 7) is 3.74. The molecule has 4 heterocycles. The maximum Gasteiger partial charge on any atom is 0.347 e. The number of fused-ring (bicyclic) bond motifs is 2. The van der Waals surface area contributed by atoms with Crippen molar-refractivity contribution in [2.75, 3.05) is 31.1 Å². The van der Waals surface area contributed by atoms with E-state index in [0.29, 0.717) is 26.8 Å². The fourth-order valence-corrected chi connectivity index (χ4v) is 4.69. The van der Waals surface area contributed by atoms with Crippen molar-refractivity contribution in [3.8, 4) is 10.6 Å². The third kappa shape index (κ3) is 3.83. The number of aromatic nitrogens is 2. The molecule has 9 heteroatoms. The summed E-state index contributed by atoms with van der Waals surface area (Å²) in [5, 5.41) is 5.32. The van der Waals surface area contributed by atoms with Crippen molar-refractivity contribution < 1.29 is 4.42 Å². The van der Waals surface area contributed by atoms with Crippen LogP contribution in [0.4, 0.5) is 5.82 Å². The summed E-state index contributed by atoms with van der Waals surface area (Å²) < 4.78 is 6.50. The first-order chi connectivity index (χ1) is 13.7. The third-order valence-corrected chi connectivity index (χ3v) is 6.21. The lowest BCUT2D eigenvalue weighted by molar-refractivity contribution is 0.551. The predicted octanol–water partition coefficient (Wildman–Crippen LogP) is 4.34. The summed E-state index contributed by atoms with van der Waals surface area (Å²) >= 11 is 7.64. The van der Waals surface area contributed by atoms with Crippen LogP contribution in [0, 0.1) is 0 Å². The zero-order valence-corrected chi connectivity index (χ0v) is 17.7. The van der Waals surface area contributed by atoms with Crippen LogP contribution in [0.25, 0.3) is 31.9 Å². The quantitative estimate of drug-likeness (QED) is 0.491. The number of pyridine rings is 1. The summed E-state index contributed by atoms with van der Waals surface area (Å²) in [5.41, 5.74) is 1.04. The third-order valence-electron chi connectivity index (χ3n) is 4.85. The molecule has 1 saturated heterocycles. The second kappa shape index (κ2) is 8.28. The van der Waals surface area contributed by atoms with Crippen molar-refractivity contribution in [2.24, 2.45) is 0 Å². The van der Waals surface area contributed by atoms with Gasteiger partial charge in [0.05, 0.1) is 15.3 Å². The number of rotatable bonds is 2. The molecular weight excluding hydrogens is 431 g/mol. The lowest BCUT2D eigenvalue weighted by atomic mass is 10.2. The lowest BCUT2D eigenvalue weighted by Crippen LogP contribution is -2.28. The van der Waals surface area contributed by atoms with E-state index in [9.17, 15) is 4.79 Å². The molecule has 0 atom stereocenters. The molecule has 0 saturated carbocycles. The average molecular weight is 449 g/mol. The maximum atomic E-state index is 12.6. The van der Waals surface area contributed by atoms with E-state index in [-0.39, 0.29) is 12.4 Å². The second-order valence-corrected chi connectivity index (χ2v) is 8.15. The van der Waals surface area contributed by atoms with Crippen molar-refractivity contribution in [1.29, 1.82) is 0 Å². The molecule has 5 rings (SSSR count). The number of halogens is 2. The molecule has 1 aromatic carbocycles. The topological polar surface area (TPSA) is 71.3 Å². The maximum absolute atomic E-state index is 12.6. The Bertz CT molecular complexity index is 1230. The highest BCUT2D eigenvalue weighted by atomic mass is 35.5. The van der Waals surface area contributed by atoms with Crippen molar-refractivity contribution in [3.63, 3.8) is 0 Å². The van der Waals surface area contributed by atoms with Crippen LogP contribution in [-0.4, -0.2) is 36.1 Å². The first-order valence-corrected chi connectivity index (χ1v) is 10.3. The molecule has 0 unspecified atom stereocenters. The van der Waals surface area contributed by atoms with E-state index in [1.807, 2.05) is 24.3 Å². The molecule has 0 amide bonds. The van der Waals surface area contributed by atoms with Gasteiger partial charge in [0.1, 0.15) is 16.3 Å². The van der Waals surface area contributed by atoms with Crippen molar-refractivity contribution in [1.82, 2.24) is 15.3 Å². The first kappa shape index (κ1) is 20.1. The van der Waals surface area contributed by atoms with Crippen LogP contribution < -0.4 is 15.8 Å². The number of para-hydroxylation sites is 1. The second-order valence-electron chi connectivity index (χ2n) is 6.71. The molecule has 6 nitrogen and oxygen atoms in total. The van der Waals surface area contributed by atoms with Gasteiger partial charge in [0.25, 0.3) is 0 Å². The molecule has 150 valence electrons. The Labute approximate surface area is 181 Å². The molecule has 3 aromatic heterocycles. The molecule has 0 radical (unpaired) electrons. The zero-order valence-electron chi connectivity index (χ0n) is 15.4. The highest BCUT2D eigenvalue weighted by Crippen LogP contribution is 2.33. The molecule has 1 fully saturated rings. The number of hydrogen-bond donors (Lipinski definition) is 1. The first-order valence-electron chi connectivity index (χ1n) is 9.15. The predicted molar refractivity (Wildman–Crippen MR) is 121 cm³/mol. The van der Waals surface area contributed by atoms with Gasteiger partial charge in [-0.15, -0.1) is 23.7 Å². The highest BCUT2D eigenvalue weighted by molar-refractivity contribution is 7.21. The minimum Gasteiger partial charge on any atom is -0.403 e. The number of hydrogen-bond acceptors (Lipinski definition) is 7. The van der Waals surface area contributed by atoms with E-state index in [4.69, 9.17) is 16.0 Å². The lowest BCUT2D eigenvalue weighted by Gasteiger charge is -2.20. The Balaban J connectivity index is 0.00000205. The molecule has 0 aliphatic carbocycles. The van der Waals surface area contributed by atoms with Gasteiger partial charge in [-0.25, -0.2) is 9.78 Å². The zero-order chi connectivity index (χ0) is 19.1. The van der Waals surface area contributed by atoms with Gasteiger partial charge in [-0.3, -0.25) is 0 Å². The molecule has 1 aliphatic rings. The van der Waals surface area contributed by atoms with Gasteiger partial charge in [-0.1, -0.05) is 17.7 Å². The summed E-state index contributed by atoms with van der Waals surface area (Å²) in [4.78, 5) is 24.0. The van der Waals surface area contributed by atoms with Gasteiger partial charge in [0.2, 0.25) is 5.71 Å². The van der Waals surface area contributed by atoms with Crippen molar-refractivity contribution in [2.45, 2.75) is 6.42 Å². The number of benzene rings is 1. The van der Waals surface area contributed by atoms with Crippen molar-refractivity contribution in [3.05, 3.63) is 51.8 Å². The molecule has 29 heavy (non-hydrogen) atoms. The molecule has 1 aliphatic heterocycles. The summed E-state index contributed by atoms with van der Waals surface area (Å²) in [7, 11) is 0. The minimum absolute atomic E-state index is 0. The Morgan fingerprint density at radius 3 is 2.90 bits per heavy atom. The normalized spacial score (nSPS) is 14.7. The van der Waals surface area contributed by atoms with Crippen LogP contribution in [0.3, 0.4) is 0 Å². The fraction of sp³-hybridized carbons (Fsp3) is 0.250. The van der Waals surface area contributed by atoms with E-state index in [0.717, 1.165) is 48.5 Å². The number of nitrogens with zero attached hydrogens (tertiary/aromatic N) is 3. The number of anilines is 1.